The predicted molar refractivity (Wildman–Crippen MR) is 109 cm³/mol. The largest absolute Gasteiger partial charge is 0.455 e. The molecule has 29 heavy (non-hydrogen) atoms. The number of benzene rings is 2. The molecule has 2 aromatic heterocycles. The SMILES string of the molecule is Cn1ncc2c(=O)n(CC(=O)Nc3cc(Cl)ccc3Oc3ccccc3)cnc21. The number of hydrogen-bond donors (Lipinski definition) is 1. The van der Waals surface area contributed by atoms with Crippen LogP contribution >= 0.6 is 11.6 Å². The fraction of sp³-hybridized carbons (Fsp3) is 0.100. The Hall–Kier alpha value is -3.65. The van der Waals surface area contributed by atoms with Crippen LogP contribution in [0.3, 0.4) is 0 Å². The van der Waals surface area contributed by atoms with Gasteiger partial charge in [0.05, 0.1) is 11.9 Å². The van der Waals surface area contributed by atoms with E-state index in [0.29, 0.717) is 33.2 Å². The van der Waals surface area contributed by atoms with E-state index < -0.39 is 5.91 Å². The second-order valence-corrected chi connectivity index (χ2v) is 6.72. The molecular formula is C20H16ClN5O3. The topological polar surface area (TPSA) is 91.0 Å². The molecule has 2 aromatic carbocycles. The summed E-state index contributed by atoms with van der Waals surface area (Å²) in [7, 11) is 1.69. The van der Waals surface area contributed by atoms with Crippen molar-refractivity contribution in [3.8, 4) is 11.5 Å². The summed E-state index contributed by atoms with van der Waals surface area (Å²) in [5.74, 6) is 0.632. The third-order valence-electron chi connectivity index (χ3n) is 4.22. The Morgan fingerprint density at radius 3 is 2.79 bits per heavy atom. The molecule has 0 saturated carbocycles. The van der Waals surface area contributed by atoms with E-state index in [1.54, 1.807) is 37.4 Å². The van der Waals surface area contributed by atoms with Crippen LogP contribution in [0.25, 0.3) is 11.0 Å². The minimum atomic E-state index is -0.419. The second-order valence-electron chi connectivity index (χ2n) is 6.29. The van der Waals surface area contributed by atoms with E-state index in [9.17, 15) is 9.59 Å². The molecule has 9 heteroatoms. The lowest BCUT2D eigenvalue weighted by Crippen LogP contribution is -2.28. The molecule has 146 valence electrons. The van der Waals surface area contributed by atoms with E-state index in [1.807, 2.05) is 18.2 Å². The molecule has 0 saturated heterocycles. The standard InChI is InChI=1S/C20H16ClN5O3/c1-25-19-15(10-23-25)20(28)26(12-22-19)11-18(27)24-16-9-13(21)7-8-17(16)29-14-5-3-2-4-6-14/h2-10,12H,11H2,1H3,(H,24,27). The molecule has 0 unspecified atom stereocenters. The number of halogens is 1. The lowest BCUT2D eigenvalue weighted by molar-refractivity contribution is -0.116. The van der Waals surface area contributed by atoms with Crippen LogP contribution in [0.15, 0.2) is 65.8 Å². The molecule has 0 aliphatic carbocycles. The molecule has 0 aliphatic rings. The van der Waals surface area contributed by atoms with Crippen molar-refractivity contribution in [2.24, 2.45) is 7.05 Å². The predicted octanol–water partition coefficient (Wildman–Crippen LogP) is 3.21. The van der Waals surface area contributed by atoms with Crippen molar-refractivity contribution < 1.29 is 9.53 Å². The first kappa shape index (κ1) is 18.7. The number of carbonyl (C=O) groups is 1. The quantitative estimate of drug-likeness (QED) is 0.546. The van der Waals surface area contributed by atoms with Crippen LogP contribution in [-0.2, 0) is 18.4 Å². The highest BCUT2D eigenvalue weighted by molar-refractivity contribution is 6.31. The molecule has 0 fully saturated rings. The number of carbonyl (C=O) groups excluding carboxylic acids is 1. The summed E-state index contributed by atoms with van der Waals surface area (Å²) in [6.07, 6.45) is 2.76. The summed E-state index contributed by atoms with van der Waals surface area (Å²) in [5.41, 5.74) is 0.514. The van der Waals surface area contributed by atoms with E-state index >= 15 is 0 Å². The lowest BCUT2D eigenvalue weighted by atomic mass is 10.2. The molecule has 4 rings (SSSR count). The summed E-state index contributed by atoms with van der Waals surface area (Å²) in [6.45, 7) is -0.214. The van der Waals surface area contributed by atoms with Gasteiger partial charge < -0.3 is 10.1 Å². The van der Waals surface area contributed by atoms with Crippen molar-refractivity contribution in [3.05, 3.63) is 76.4 Å². The molecule has 0 spiro atoms. The first-order valence-corrected chi connectivity index (χ1v) is 9.08. The normalized spacial score (nSPS) is 10.8. The zero-order valence-corrected chi connectivity index (χ0v) is 16.1. The van der Waals surface area contributed by atoms with Gasteiger partial charge in [0.1, 0.15) is 24.0 Å². The van der Waals surface area contributed by atoms with Gasteiger partial charge >= 0.3 is 0 Å². The lowest BCUT2D eigenvalue weighted by Gasteiger charge is -2.13. The van der Waals surface area contributed by atoms with Crippen LogP contribution in [0.1, 0.15) is 0 Å². The molecule has 2 heterocycles. The molecule has 4 aromatic rings. The highest BCUT2D eigenvalue weighted by Gasteiger charge is 2.13. The number of amides is 1. The maximum atomic E-state index is 12.6. The van der Waals surface area contributed by atoms with Crippen molar-refractivity contribution in [2.75, 3.05) is 5.32 Å². The van der Waals surface area contributed by atoms with Gasteiger partial charge in [0.2, 0.25) is 5.91 Å². The van der Waals surface area contributed by atoms with Gasteiger partial charge in [-0.2, -0.15) is 5.10 Å². The summed E-state index contributed by atoms with van der Waals surface area (Å²) >= 11 is 6.08. The molecule has 8 nitrogen and oxygen atoms in total. The van der Waals surface area contributed by atoms with Gasteiger partial charge in [-0.3, -0.25) is 18.8 Å². The van der Waals surface area contributed by atoms with Gasteiger partial charge in [-0.25, -0.2) is 4.98 Å². The second kappa shape index (κ2) is 7.76. The van der Waals surface area contributed by atoms with Crippen LogP contribution in [-0.4, -0.2) is 25.2 Å². The third kappa shape index (κ3) is 3.97. The van der Waals surface area contributed by atoms with Crippen molar-refractivity contribution in [2.45, 2.75) is 6.54 Å². The minimum absolute atomic E-state index is 0.214. The van der Waals surface area contributed by atoms with E-state index in [-0.39, 0.29) is 12.1 Å². The molecule has 1 amide bonds. The number of aromatic nitrogens is 4. The highest BCUT2D eigenvalue weighted by atomic mass is 35.5. The van der Waals surface area contributed by atoms with E-state index in [0.717, 1.165) is 0 Å². The van der Waals surface area contributed by atoms with Crippen molar-refractivity contribution in [1.82, 2.24) is 19.3 Å². The Kier molecular flexibility index (Phi) is 5.01. The van der Waals surface area contributed by atoms with Gasteiger partial charge in [-0.05, 0) is 30.3 Å². The van der Waals surface area contributed by atoms with Crippen LogP contribution in [0.5, 0.6) is 11.5 Å². The summed E-state index contributed by atoms with van der Waals surface area (Å²) in [5, 5.41) is 7.55. The Balaban J connectivity index is 1.56. The van der Waals surface area contributed by atoms with Gasteiger partial charge in [0, 0.05) is 12.1 Å². The van der Waals surface area contributed by atoms with Crippen LogP contribution in [0, 0.1) is 0 Å². The van der Waals surface area contributed by atoms with Gasteiger partial charge in [0.15, 0.2) is 11.4 Å². The average molecular weight is 410 g/mol. The van der Waals surface area contributed by atoms with E-state index in [2.05, 4.69) is 15.4 Å². The molecule has 0 radical (unpaired) electrons. The van der Waals surface area contributed by atoms with Crippen LogP contribution in [0.4, 0.5) is 5.69 Å². The highest BCUT2D eigenvalue weighted by Crippen LogP contribution is 2.32. The van der Waals surface area contributed by atoms with Crippen LogP contribution < -0.4 is 15.6 Å². The minimum Gasteiger partial charge on any atom is -0.455 e. The fourth-order valence-corrected chi connectivity index (χ4v) is 3.00. The maximum absolute atomic E-state index is 12.6. The van der Waals surface area contributed by atoms with Gasteiger partial charge in [-0.15, -0.1) is 0 Å². The Labute approximate surface area is 170 Å². The number of hydrogen-bond acceptors (Lipinski definition) is 5. The summed E-state index contributed by atoms with van der Waals surface area (Å²) < 4.78 is 8.56. The number of para-hydroxylation sites is 1. The molecule has 0 bridgehead atoms. The number of nitrogens with zero attached hydrogens (tertiary/aromatic N) is 4. The first-order valence-electron chi connectivity index (χ1n) is 8.71. The number of anilines is 1. The van der Waals surface area contributed by atoms with Gasteiger partial charge in [0.25, 0.3) is 5.56 Å². The smallest absolute Gasteiger partial charge is 0.264 e. The van der Waals surface area contributed by atoms with E-state index in [1.165, 1.54) is 21.8 Å². The maximum Gasteiger partial charge on any atom is 0.264 e. The monoisotopic (exact) mass is 409 g/mol. The van der Waals surface area contributed by atoms with E-state index in [4.69, 9.17) is 16.3 Å². The molecule has 0 aliphatic heterocycles. The first-order chi connectivity index (χ1) is 14.0. The fourth-order valence-electron chi connectivity index (χ4n) is 2.83. The Morgan fingerprint density at radius 1 is 1.21 bits per heavy atom. The molecular weight excluding hydrogens is 394 g/mol. The number of rotatable bonds is 5. The summed E-state index contributed by atoms with van der Waals surface area (Å²) in [6, 6.07) is 14.1. The zero-order valence-electron chi connectivity index (χ0n) is 15.4. The number of aryl methyl sites for hydroxylation is 1. The number of fused-ring (bicyclic) bond motifs is 1. The van der Waals surface area contributed by atoms with Crippen LogP contribution in [0.2, 0.25) is 5.02 Å². The molecule has 0 atom stereocenters. The van der Waals surface area contributed by atoms with Crippen molar-refractivity contribution in [3.63, 3.8) is 0 Å². The Morgan fingerprint density at radius 2 is 2.00 bits per heavy atom. The van der Waals surface area contributed by atoms with Gasteiger partial charge in [-0.1, -0.05) is 29.8 Å². The number of ether oxygens (including phenoxy) is 1. The molecule has 1 N–H and O–H groups in total. The van der Waals surface area contributed by atoms with Crippen molar-refractivity contribution >= 4 is 34.2 Å². The number of nitrogens with one attached hydrogen (secondary N) is 1. The average Bonchev–Trinajstić information content (AvgIpc) is 3.08. The van der Waals surface area contributed by atoms with Crippen molar-refractivity contribution in [1.29, 1.82) is 0 Å². The summed E-state index contributed by atoms with van der Waals surface area (Å²) in [4.78, 5) is 29.3. The Bertz CT molecular complexity index is 1250. The zero-order chi connectivity index (χ0) is 20.4. The third-order valence-corrected chi connectivity index (χ3v) is 4.45.